The molecular weight excluding hydrogens is 433 g/mol. The number of thioether (sulfide) groups is 1. The van der Waals surface area contributed by atoms with Crippen molar-refractivity contribution < 1.29 is 4.74 Å². The van der Waals surface area contributed by atoms with Crippen LogP contribution in [-0.4, -0.2) is 36.2 Å². The van der Waals surface area contributed by atoms with Gasteiger partial charge in [0.05, 0.1) is 13.2 Å². The molecule has 136 valence electrons. The Kier molecular flexibility index (Phi) is 9.88. The Morgan fingerprint density at radius 2 is 2.08 bits per heavy atom. The van der Waals surface area contributed by atoms with Crippen LogP contribution in [0, 0.1) is 0 Å². The topological polar surface area (TPSA) is 45.7 Å². The van der Waals surface area contributed by atoms with Gasteiger partial charge in [0.1, 0.15) is 5.75 Å². The minimum atomic E-state index is 0. The van der Waals surface area contributed by atoms with Gasteiger partial charge < -0.3 is 15.4 Å². The summed E-state index contributed by atoms with van der Waals surface area (Å²) in [5, 5.41) is 6.84. The highest BCUT2D eigenvalue weighted by Crippen LogP contribution is 2.36. The van der Waals surface area contributed by atoms with E-state index in [2.05, 4.69) is 42.3 Å². The summed E-state index contributed by atoms with van der Waals surface area (Å²) in [6.45, 7) is 9.55. The van der Waals surface area contributed by atoms with Gasteiger partial charge >= 0.3 is 0 Å². The van der Waals surface area contributed by atoms with Crippen LogP contribution in [-0.2, 0) is 6.54 Å². The molecule has 2 N–H and O–H groups in total. The van der Waals surface area contributed by atoms with Crippen molar-refractivity contribution in [3.05, 3.63) is 29.8 Å². The number of guanidine groups is 1. The molecule has 0 radical (unpaired) electrons. The number of nitrogens with one attached hydrogen (secondary N) is 2. The molecule has 1 aliphatic rings. The Morgan fingerprint density at radius 1 is 1.29 bits per heavy atom. The number of para-hydroxylation sites is 1. The summed E-state index contributed by atoms with van der Waals surface area (Å²) in [6.07, 6.45) is 2.59. The third-order valence-electron chi connectivity index (χ3n) is 3.95. The smallest absolute Gasteiger partial charge is 0.191 e. The van der Waals surface area contributed by atoms with Gasteiger partial charge in [0, 0.05) is 23.4 Å². The number of hydrogen-bond acceptors (Lipinski definition) is 3. The molecule has 1 heterocycles. The third-order valence-corrected chi connectivity index (χ3v) is 5.49. The van der Waals surface area contributed by atoms with Crippen molar-refractivity contribution in [1.29, 1.82) is 0 Å². The lowest BCUT2D eigenvalue weighted by Gasteiger charge is -2.24. The monoisotopic (exact) mass is 463 g/mol. The number of halogens is 1. The first-order valence-electron chi connectivity index (χ1n) is 8.53. The number of hydrogen-bond donors (Lipinski definition) is 2. The van der Waals surface area contributed by atoms with E-state index in [0.29, 0.717) is 17.9 Å². The molecule has 6 heteroatoms. The number of benzene rings is 1. The van der Waals surface area contributed by atoms with Gasteiger partial charge in [0.2, 0.25) is 0 Å². The van der Waals surface area contributed by atoms with Crippen molar-refractivity contribution >= 4 is 41.7 Å². The first kappa shape index (κ1) is 21.4. The standard InChI is InChI=1S/C18H29N3OS.HI/c1-4-19-17(21-14-18(3)11-8-12-23-18)20-13-15-9-6-7-10-16(15)22-5-2;/h6-7,9-10H,4-5,8,11-14H2,1-3H3,(H2,19,20,21);1H. The minimum absolute atomic E-state index is 0. The first-order chi connectivity index (χ1) is 11.2. The van der Waals surface area contributed by atoms with Crippen LogP contribution < -0.4 is 15.4 Å². The van der Waals surface area contributed by atoms with E-state index in [9.17, 15) is 0 Å². The highest BCUT2D eigenvalue weighted by atomic mass is 127. The zero-order valence-electron chi connectivity index (χ0n) is 14.9. The van der Waals surface area contributed by atoms with Crippen LogP contribution in [0.15, 0.2) is 29.3 Å². The zero-order chi connectivity index (χ0) is 16.5. The molecule has 1 saturated heterocycles. The van der Waals surface area contributed by atoms with Crippen molar-refractivity contribution in [2.45, 2.75) is 44.9 Å². The van der Waals surface area contributed by atoms with Crippen molar-refractivity contribution in [1.82, 2.24) is 10.6 Å². The second-order valence-corrected chi connectivity index (χ2v) is 7.67. The largest absolute Gasteiger partial charge is 0.494 e. The van der Waals surface area contributed by atoms with E-state index in [0.717, 1.165) is 30.4 Å². The van der Waals surface area contributed by atoms with Crippen LogP contribution in [0.3, 0.4) is 0 Å². The van der Waals surface area contributed by atoms with E-state index < -0.39 is 0 Å². The second-order valence-electron chi connectivity index (χ2n) is 5.99. The maximum Gasteiger partial charge on any atom is 0.191 e. The van der Waals surface area contributed by atoms with E-state index in [4.69, 9.17) is 9.73 Å². The van der Waals surface area contributed by atoms with Gasteiger partial charge in [0.25, 0.3) is 0 Å². The molecule has 0 spiro atoms. The van der Waals surface area contributed by atoms with Crippen LogP contribution in [0.2, 0.25) is 0 Å². The van der Waals surface area contributed by atoms with Crippen LogP contribution in [0.1, 0.15) is 39.2 Å². The summed E-state index contributed by atoms with van der Waals surface area (Å²) in [5.41, 5.74) is 1.12. The van der Waals surface area contributed by atoms with Crippen LogP contribution in [0.5, 0.6) is 5.75 Å². The number of ether oxygens (including phenoxy) is 1. The molecule has 1 atom stereocenters. The molecule has 1 aromatic carbocycles. The van der Waals surface area contributed by atoms with Crippen LogP contribution in [0.25, 0.3) is 0 Å². The van der Waals surface area contributed by atoms with Crippen LogP contribution >= 0.6 is 35.7 Å². The predicted octanol–water partition coefficient (Wildman–Crippen LogP) is 4.04. The van der Waals surface area contributed by atoms with E-state index in [1.807, 2.05) is 25.1 Å². The van der Waals surface area contributed by atoms with Crippen LogP contribution in [0.4, 0.5) is 0 Å². The fourth-order valence-corrected chi connectivity index (χ4v) is 3.93. The molecule has 1 fully saturated rings. The lowest BCUT2D eigenvalue weighted by molar-refractivity contribution is 0.336. The van der Waals surface area contributed by atoms with Gasteiger partial charge in [-0.05, 0) is 45.4 Å². The Balaban J connectivity index is 0.00000288. The lowest BCUT2D eigenvalue weighted by Crippen LogP contribution is -2.43. The lowest BCUT2D eigenvalue weighted by atomic mass is 10.1. The molecule has 0 saturated carbocycles. The van der Waals surface area contributed by atoms with Gasteiger partial charge in [0.15, 0.2) is 5.96 Å². The summed E-state index contributed by atoms with van der Waals surface area (Å²) in [7, 11) is 0. The van der Waals surface area contributed by atoms with E-state index >= 15 is 0 Å². The van der Waals surface area contributed by atoms with Gasteiger partial charge in [-0.3, -0.25) is 0 Å². The normalized spacial score (nSPS) is 20.4. The summed E-state index contributed by atoms with van der Waals surface area (Å²) in [6, 6.07) is 8.11. The SMILES string of the molecule is CCNC(=NCc1ccccc1OCC)NCC1(C)CCCS1.I. The Bertz CT molecular complexity index is 519. The highest BCUT2D eigenvalue weighted by Gasteiger charge is 2.29. The average Bonchev–Trinajstić information content (AvgIpc) is 2.99. The number of rotatable bonds is 7. The van der Waals surface area contributed by atoms with E-state index in [-0.39, 0.29) is 24.0 Å². The second kappa shape index (κ2) is 11.1. The molecule has 2 rings (SSSR count). The molecule has 24 heavy (non-hydrogen) atoms. The van der Waals surface area contributed by atoms with Crippen molar-refractivity contribution in [2.24, 2.45) is 4.99 Å². The quantitative estimate of drug-likeness (QED) is 0.364. The van der Waals surface area contributed by atoms with E-state index in [1.165, 1.54) is 18.6 Å². The summed E-state index contributed by atoms with van der Waals surface area (Å²) < 4.78 is 6.01. The van der Waals surface area contributed by atoms with Crippen molar-refractivity contribution in [3.63, 3.8) is 0 Å². The predicted molar refractivity (Wildman–Crippen MR) is 116 cm³/mol. The molecule has 1 unspecified atom stereocenters. The minimum Gasteiger partial charge on any atom is -0.494 e. The average molecular weight is 463 g/mol. The van der Waals surface area contributed by atoms with Crippen molar-refractivity contribution in [3.8, 4) is 5.75 Å². The van der Waals surface area contributed by atoms with Crippen molar-refractivity contribution in [2.75, 3.05) is 25.4 Å². The molecule has 4 nitrogen and oxygen atoms in total. The Labute approximate surface area is 167 Å². The molecule has 0 bridgehead atoms. The summed E-state index contributed by atoms with van der Waals surface area (Å²) in [5.74, 6) is 3.08. The Hall–Kier alpha value is -0.630. The van der Waals surface area contributed by atoms with Gasteiger partial charge in [-0.25, -0.2) is 4.99 Å². The third kappa shape index (κ3) is 6.70. The molecule has 0 aromatic heterocycles. The molecule has 1 aromatic rings. The molecule has 0 amide bonds. The summed E-state index contributed by atoms with van der Waals surface area (Å²) in [4.78, 5) is 4.72. The highest BCUT2D eigenvalue weighted by molar-refractivity contribution is 14.0. The molecule has 1 aliphatic heterocycles. The maximum absolute atomic E-state index is 5.67. The van der Waals surface area contributed by atoms with Gasteiger partial charge in [-0.15, -0.1) is 24.0 Å². The number of aliphatic imine (C=N–C) groups is 1. The summed E-state index contributed by atoms with van der Waals surface area (Å²) >= 11 is 2.06. The molecular formula is C18H30IN3OS. The van der Waals surface area contributed by atoms with E-state index in [1.54, 1.807) is 0 Å². The Morgan fingerprint density at radius 3 is 2.75 bits per heavy atom. The first-order valence-corrected chi connectivity index (χ1v) is 9.52. The van der Waals surface area contributed by atoms with Gasteiger partial charge in [-0.2, -0.15) is 11.8 Å². The zero-order valence-corrected chi connectivity index (χ0v) is 18.1. The fourth-order valence-electron chi connectivity index (χ4n) is 2.68. The molecule has 0 aliphatic carbocycles. The maximum atomic E-state index is 5.67. The fraction of sp³-hybridized carbons (Fsp3) is 0.611. The van der Waals surface area contributed by atoms with Gasteiger partial charge in [-0.1, -0.05) is 18.2 Å². The number of nitrogens with zero attached hydrogens (tertiary/aromatic N) is 1.